The van der Waals surface area contributed by atoms with E-state index in [0.29, 0.717) is 31.7 Å². The minimum absolute atomic E-state index is 0.0117. The molecule has 5 atom stereocenters. The summed E-state index contributed by atoms with van der Waals surface area (Å²) in [5.74, 6) is -6.01. The summed E-state index contributed by atoms with van der Waals surface area (Å²) < 4.78 is 79.0. The minimum atomic E-state index is -3.86. The van der Waals surface area contributed by atoms with Crippen LogP contribution in [0.1, 0.15) is 37.0 Å². The average molecular weight is 557 g/mol. The topological polar surface area (TPSA) is 84.9 Å². The first kappa shape index (κ1) is 25.1. The number of likely N-dealkylation sites (tertiary alicyclic amines) is 1. The van der Waals surface area contributed by atoms with E-state index in [2.05, 4.69) is 10.2 Å². The van der Waals surface area contributed by atoms with Crippen molar-refractivity contribution in [1.82, 2.24) is 4.90 Å². The molecule has 0 bridgehead atoms. The van der Waals surface area contributed by atoms with E-state index in [0.717, 1.165) is 6.42 Å². The molecular weight excluding hydrogens is 533 g/mol. The summed E-state index contributed by atoms with van der Waals surface area (Å²) in [5.41, 5.74) is -0.680. The molecule has 1 N–H and O–H groups in total. The third-order valence-electron chi connectivity index (χ3n) is 8.06. The lowest BCUT2D eigenvalue weighted by atomic mass is 9.68. The monoisotopic (exact) mass is 556 g/mol. The van der Waals surface area contributed by atoms with Gasteiger partial charge in [0.1, 0.15) is 0 Å². The molecule has 4 unspecified atom stereocenters. The average Bonchev–Trinajstić information content (AvgIpc) is 3.45. The fourth-order valence-electron chi connectivity index (χ4n) is 6.29. The summed E-state index contributed by atoms with van der Waals surface area (Å²) in [6, 6.07) is 5.37. The third kappa shape index (κ3) is 3.81. The van der Waals surface area contributed by atoms with Gasteiger partial charge in [0.05, 0.1) is 27.9 Å². The second-order valence-electron chi connectivity index (χ2n) is 10.6. The van der Waals surface area contributed by atoms with Crippen LogP contribution in [0.5, 0.6) is 0 Å². The Kier molecular flexibility index (Phi) is 5.54. The van der Waals surface area contributed by atoms with Crippen LogP contribution in [0.25, 0.3) is 0 Å². The van der Waals surface area contributed by atoms with Crippen LogP contribution in [0.15, 0.2) is 35.2 Å². The Morgan fingerprint density at radius 1 is 1.16 bits per heavy atom. The second kappa shape index (κ2) is 8.16. The second-order valence-corrected chi connectivity index (χ2v) is 13.1. The number of anilines is 1. The zero-order valence-corrected chi connectivity index (χ0v) is 21.5. The molecule has 4 fully saturated rings. The maximum Gasteiger partial charge on any atom is 0.255 e. The van der Waals surface area contributed by atoms with E-state index in [1.807, 2.05) is 13.8 Å². The largest absolute Gasteiger partial charge is 0.348 e. The summed E-state index contributed by atoms with van der Waals surface area (Å²) in [6.45, 7) is 4.92. The molecule has 1 spiro atoms. The van der Waals surface area contributed by atoms with E-state index in [9.17, 15) is 26.4 Å². The van der Waals surface area contributed by atoms with Crippen molar-refractivity contribution < 1.29 is 35.9 Å². The number of ether oxygens (including phenoxy) is 2. The van der Waals surface area contributed by atoms with Gasteiger partial charge < -0.3 is 14.8 Å². The van der Waals surface area contributed by atoms with Crippen molar-refractivity contribution in [3.05, 3.63) is 58.4 Å². The van der Waals surface area contributed by atoms with Gasteiger partial charge in [-0.25, -0.2) is 21.6 Å². The van der Waals surface area contributed by atoms with E-state index in [1.54, 1.807) is 0 Å². The summed E-state index contributed by atoms with van der Waals surface area (Å²) >= 11 is 6.27. The van der Waals surface area contributed by atoms with E-state index < -0.39 is 44.2 Å². The summed E-state index contributed by atoms with van der Waals surface area (Å²) in [7, 11) is -3.86. The molecule has 7 nitrogen and oxygen atoms in total. The highest BCUT2D eigenvalue weighted by molar-refractivity contribution is 7.92. The van der Waals surface area contributed by atoms with Crippen LogP contribution in [0.4, 0.5) is 18.9 Å². The third-order valence-corrected chi connectivity index (χ3v) is 10.8. The van der Waals surface area contributed by atoms with Crippen molar-refractivity contribution in [3.8, 4) is 0 Å². The van der Waals surface area contributed by atoms with Crippen LogP contribution in [0.2, 0.25) is 5.02 Å². The normalized spacial score (nSPS) is 31.6. The number of hydrogen-bond donors (Lipinski definition) is 1. The van der Waals surface area contributed by atoms with Gasteiger partial charge >= 0.3 is 0 Å². The quantitative estimate of drug-likeness (QED) is 0.538. The number of amides is 1. The number of nitrogens with zero attached hydrogens (tertiary/aromatic N) is 1. The number of hydrogen-bond acceptors (Lipinski definition) is 6. The van der Waals surface area contributed by atoms with Gasteiger partial charge in [-0.1, -0.05) is 11.6 Å². The lowest BCUT2D eigenvalue weighted by Gasteiger charge is -2.60. The maximum atomic E-state index is 13.6. The number of rotatable bonds is 6. The predicted octanol–water partition coefficient (Wildman–Crippen LogP) is 4.15. The van der Waals surface area contributed by atoms with Gasteiger partial charge in [-0.3, -0.25) is 9.69 Å². The van der Waals surface area contributed by atoms with E-state index in [4.69, 9.17) is 21.1 Å². The Labute approximate surface area is 216 Å². The number of benzene rings is 2. The van der Waals surface area contributed by atoms with E-state index in [1.165, 1.54) is 18.2 Å². The van der Waals surface area contributed by atoms with Crippen molar-refractivity contribution in [2.75, 3.05) is 18.5 Å². The van der Waals surface area contributed by atoms with Crippen LogP contribution in [-0.2, 0) is 19.3 Å². The number of sulfone groups is 1. The number of carbonyl (C=O) groups is 1. The molecule has 2 saturated heterocycles. The molecular formula is C25H24ClF3N2O5S. The summed E-state index contributed by atoms with van der Waals surface area (Å²) in [6.07, 6.45) is 1.17. The minimum Gasteiger partial charge on any atom is -0.348 e. The van der Waals surface area contributed by atoms with Crippen LogP contribution in [0, 0.1) is 22.9 Å². The zero-order valence-electron chi connectivity index (χ0n) is 19.9. The van der Waals surface area contributed by atoms with Gasteiger partial charge in [-0.2, -0.15) is 0 Å². The lowest BCUT2D eigenvalue weighted by Crippen LogP contribution is -2.71. The molecule has 37 heavy (non-hydrogen) atoms. The van der Waals surface area contributed by atoms with Crippen LogP contribution < -0.4 is 5.32 Å². The van der Waals surface area contributed by atoms with Gasteiger partial charge in [0.2, 0.25) is 0 Å². The molecule has 2 aromatic rings. The van der Waals surface area contributed by atoms with Crippen molar-refractivity contribution in [3.63, 3.8) is 0 Å². The zero-order chi connectivity index (χ0) is 26.5. The molecule has 2 saturated carbocycles. The first-order chi connectivity index (χ1) is 17.3. The van der Waals surface area contributed by atoms with Crippen molar-refractivity contribution >= 4 is 33.0 Å². The Hall–Kier alpha value is -2.18. The Bertz CT molecular complexity index is 1410. The SMILES string of the molecule is CC1(C)OC[C@H](CN2C3CC(S(=O)(=O)c4cc(C(=O)Nc5cc(F)c(F)c(F)c5)ccc4Cl)C34CC24)O1. The van der Waals surface area contributed by atoms with E-state index >= 15 is 0 Å². The fourth-order valence-corrected chi connectivity index (χ4v) is 9.09. The van der Waals surface area contributed by atoms with Crippen molar-refractivity contribution in [2.45, 2.75) is 60.8 Å². The first-order valence-corrected chi connectivity index (χ1v) is 13.8. The standard InChI is InChI=1S/C25H24ClF3N2O5S/c1-24(2)35-11-14(36-24)10-31-19-8-21(25(19)9-20(25)31)37(33,34)18-5-12(3-4-15(18)26)23(32)30-13-6-16(27)22(29)17(28)7-13/h3-7,14,19-21H,8-11H2,1-2H3,(H,30,32)/t14-,19?,20?,21?,25?/m0/s1. The van der Waals surface area contributed by atoms with Crippen LogP contribution in [0.3, 0.4) is 0 Å². The van der Waals surface area contributed by atoms with Crippen molar-refractivity contribution in [1.29, 1.82) is 0 Å². The summed E-state index contributed by atoms with van der Waals surface area (Å²) in [5, 5.41) is 1.64. The number of halogens is 4. The van der Waals surface area contributed by atoms with Gasteiger partial charge in [0, 0.05) is 47.4 Å². The van der Waals surface area contributed by atoms with Gasteiger partial charge in [-0.15, -0.1) is 0 Å². The number of carbonyl (C=O) groups excluding carboxylic acids is 1. The molecule has 2 aliphatic heterocycles. The van der Waals surface area contributed by atoms with Crippen molar-refractivity contribution in [2.24, 2.45) is 5.41 Å². The van der Waals surface area contributed by atoms with Gasteiger partial charge in [0.25, 0.3) is 5.91 Å². The highest BCUT2D eigenvalue weighted by Gasteiger charge is 2.84. The molecule has 4 aliphatic rings. The molecule has 0 aromatic heterocycles. The highest BCUT2D eigenvalue weighted by atomic mass is 35.5. The molecule has 0 radical (unpaired) electrons. The number of piperidine rings is 1. The number of nitrogens with one attached hydrogen (secondary N) is 1. The lowest BCUT2D eigenvalue weighted by molar-refractivity contribution is -0.149. The Morgan fingerprint density at radius 3 is 2.49 bits per heavy atom. The Morgan fingerprint density at radius 2 is 1.86 bits per heavy atom. The molecule has 2 aliphatic carbocycles. The van der Waals surface area contributed by atoms with Gasteiger partial charge in [-0.05, 0) is 44.9 Å². The highest BCUT2D eigenvalue weighted by Crippen LogP contribution is 2.75. The molecule has 2 aromatic carbocycles. The molecule has 198 valence electrons. The molecule has 1 amide bonds. The molecule has 6 rings (SSSR count). The molecule has 2 heterocycles. The fraction of sp³-hybridized carbons (Fsp3) is 0.480. The van der Waals surface area contributed by atoms with E-state index in [-0.39, 0.29) is 44.8 Å². The smallest absolute Gasteiger partial charge is 0.255 e. The van der Waals surface area contributed by atoms with Crippen LogP contribution in [-0.4, -0.2) is 61.6 Å². The molecule has 12 heteroatoms. The predicted molar refractivity (Wildman–Crippen MR) is 128 cm³/mol. The first-order valence-electron chi connectivity index (χ1n) is 11.9. The summed E-state index contributed by atoms with van der Waals surface area (Å²) in [4.78, 5) is 14.8. The Balaban J connectivity index is 1.17. The maximum absolute atomic E-state index is 13.6. The van der Waals surface area contributed by atoms with Crippen LogP contribution >= 0.6 is 11.6 Å². The van der Waals surface area contributed by atoms with Gasteiger partial charge in [0.15, 0.2) is 33.1 Å².